The van der Waals surface area contributed by atoms with Crippen LogP contribution >= 0.6 is 12.2 Å². The SMILES string of the molecule is O=C(CCC1CCCCC1)NNC(=S)NC1CCCCC1. The van der Waals surface area contributed by atoms with Crippen LogP contribution in [0.1, 0.15) is 77.0 Å². The van der Waals surface area contributed by atoms with Crippen molar-refractivity contribution in [2.75, 3.05) is 0 Å². The van der Waals surface area contributed by atoms with E-state index in [2.05, 4.69) is 16.2 Å². The van der Waals surface area contributed by atoms with Crippen molar-refractivity contribution in [2.45, 2.75) is 83.1 Å². The van der Waals surface area contributed by atoms with Gasteiger partial charge in [0, 0.05) is 12.5 Å². The maximum Gasteiger partial charge on any atom is 0.238 e. The molecule has 0 heterocycles. The summed E-state index contributed by atoms with van der Waals surface area (Å²) in [5.41, 5.74) is 5.56. The number of carbonyl (C=O) groups is 1. The Hall–Kier alpha value is -0.840. The van der Waals surface area contributed by atoms with Gasteiger partial charge in [0.15, 0.2) is 5.11 Å². The van der Waals surface area contributed by atoms with Gasteiger partial charge < -0.3 is 5.32 Å². The maximum absolute atomic E-state index is 11.8. The Morgan fingerprint density at radius 2 is 1.52 bits per heavy atom. The van der Waals surface area contributed by atoms with E-state index >= 15 is 0 Å². The molecular weight excluding hydrogens is 282 g/mol. The number of carbonyl (C=O) groups excluding carboxylic acids is 1. The van der Waals surface area contributed by atoms with Crippen molar-refractivity contribution < 1.29 is 4.79 Å². The molecule has 120 valence electrons. The molecule has 0 spiro atoms. The van der Waals surface area contributed by atoms with Gasteiger partial charge >= 0.3 is 0 Å². The van der Waals surface area contributed by atoms with Gasteiger partial charge in [0.05, 0.1) is 0 Å². The zero-order valence-electron chi connectivity index (χ0n) is 13.0. The third kappa shape index (κ3) is 6.64. The van der Waals surface area contributed by atoms with Gasteiger partial charge in [-0.3, -0.25) is 15.6 Å². The van der Waals surface area contributed by atoms with Gasteiger partial charge in [0.2, 0.25) is 5.91 Å². The third-order valence-electron chi connectivity index (χ3n) is 4.76. The zero-order chi connectivity index (χ0) is 14.9. The summed E-state index contributed by atoms with van der Waals surface area (Å²) in [4.78, 5) is 11.8. The molecule has 0 aliphatic heterocycles. The fraction of sp³-hybridized carbons (Fsp3) is 0.875. The Balaban J connectivity index is 1.54. The van der Waals surface area contributed by atoms with Crippen LogP contribution in [0.15, 0.2) is 0 Å². The van der Waals surface area contributed by atoms with E-state index in [4.69, 9.17) is 12.2 Å². The molecule has 2 aliphatic rings. The Bertz CT molecular complexity index is 336. The molecule has 5 heteroatoms. The number of rotatable bonds is 4. The van der Waals surface area contributed by atoms with Crippen LogP contribution in [-0.4, -0.2) is 17.1 Å². The van der Waals surface area contributed by atoms with Crippen molar-refractivity contribution in [1.29, 1.82) is 0 Å². The molecule has 4 nitrogen and oxygen atoms in total. The first kappa shape index (κ1) is 16.5. The summed E-state index contributed by atoms with van der Waals surface area (Å²) in [5.74, 6) is 0.796. The Morgan fingerprint density at radius 1 is 0.905 bits per heavy atom. The standard InChI is InChI=1S/C16H29N3OS/c20-15(12-11-13-7-3-1-4-8-13)18-19-16(21)17-14-9-5-2-6-10-14/h13-14H,1-12H2,(H,18,20)(H2,17,19,21). The van der Waals surface area contributed by atoms with E-state index in [0.717, 1.165) is 12.3 Å². The lowest BCUT2D eigenvalue weighted by Crippen LogP contribution is -2.50. The van der Waals surface area contributed by atoms with Crippen molar-refractivity contribution in [3.63, 3.8) is 0 Å². The van der Waals surface area contributed by atoms with Gasteiger partial charge in [-0.25, -0.2) is 0 Å². The van der Waals surface area contributed by atoms with Crippen molar-refractivity contribution in [3.05, 3.63) is 0 Å². The molecular formula is C16H29N3OS. The van der Waals surface area contributed by atoms with E-state index in [1.807, 2.05) is 0 Å². The second-order valence-electron chi connectivity index (χ2n) is 6.52. The minimum absolute atomic E-state index is 0.0494. The lowest BCUT2D eigenvalue weighted by molar-refractivity contribution is -0.122. The quantitative estimate of drug-likeness (QED) is 0.551. The first-order chi connectivity index (χ1) is 10.2. The average molecular weight is 311 g/mol. The highest BCUT2D eigenvalue weighted by Gasteiger charge is 2.16. The monoisotopic (exact) mass is 311 g/mol. The summed E-state index contributed by atoms with van der Waals surface area (Å²) in [6, 6.07) is 0.470. The fourth-order valence-corrected chi connectivity index (χ4v) is 3.69. The summed E-state index contributed by atoms with van der Waals surface area (Å²) in [6.45, 7) is 0. The van der Waals surface area contributed by atoms with Gasteiger partial charge in [-0.1, -0.05) is 51.4 Å². The van der Waals surface area contributed by atoms with Crippen LogP contribution in [0.4, 0.5) is 0 Å². The van der Waals surface area contributed by atoms with Crippen LogP contribution < -0.4 is 16.2 Å². The van der Waals surface area contributed by atoms with Gasteiger partial charge in [0.1, 0.15) is 0 Å². The Labute approximate surface area is 133 Å². The Kier molecular flexibility index (Phi) is 7.27. The van der Waals surface area contributed by atoms with Crippen LogP contribution in [0.2, 0.25) is 0 Å². The summed E-state index contributed by atoms with van der Waals surface area (Å²) in [6.07, 6.45) is 14.5. The molecule has 0 bridgehead atoms. The molecule has 0 aromatic carbocycles. The molecule has 0 saturated heterocycles. The van der Waals surface area contributed by atoms with Crippen LogP contribution in [0.25, 0.3) is 0 Å². The van der Waals surface area contributed by atoms with Crippen molar-refractivity contribution >= 4 is 23.2 Å². The minimum atomic E-state index is 0.0494. The maximum atomic E-state index is 11.8. The minimum Gasteiger partial charge on any atom is -0.359 e. The van der Waals surface area contributed by atoms with Gasteiger partial charge in [-0.15, -0.1) is 0 Å². The Morgan fingerprint density at radius 3 is 2.19 bits per heavy atom. The predicted octanol–water partition coefficient (Wildman–Crippen LogP) is 3.17. The van der Waals surface area contributed by atoms with E-state index in [0.29, 0.717) is 17.6 Å². The number of thiocarbonyl (C=S) groups is 1. The largest absolute Gasteiger partial charge is 0.359 e. The molecule has 21 heavy (non-hydrogen) atoms. The highest BCUT2D eigenvalue weighted by atomic mass is 32.1. The number of hydrogen-bond donors (Lipinski definition) is 3. The van der Waals surface area contributed by atoms with E-state index in [-0.39, 0.29) is 5.91 Å². The van der Waals surface area contributed by atoms with Crippen LogP contribution in [0.3, 0.4) is 0 Å². The van der Waals surface area contributed by atoms with Crippen LogP contribution in [0, 0.1) is 5.92 Å². The van der Waals surface area contributed by atoms with E-state index in [1.54, 1.807) is 0 Å². The van der Waals surface area contributed by atoms with Gasteiger partial charge in [-0.05, 0) is 37.4 Å². The van der Waals surface area contributed by atoms with Crippen molar-refractivity contribution in [3.8, 4) is 0 Å². The molecule has 0 radical (unpaired) electrons. The van der Waals surface area contributed by atoms with E-state index < -0.39 is 0 Å². The summed E-state index contributed by atoms with van der Waals surface area (Å²) in [7, 11) is 0. The van der Waals surface area contributed by atoms with Crippen molar-refractivity contribution in [2.24, 2.45) is 5.92 Å². The van der Waals surface area contributed by atoms with Crippen LogP contribution in [-0.2, 0) is 4.79 Å². The highest BCUT2D eigenvalue weighted by Crippen LogP contribution is 2.27. The van der Waals surface area contributed by atoms with E-state index in [1.165, 1.54) is 64.2 Å². The molecule has 3 N–H and O–H groups in total. The molecule has 0 aromatic heterocycles. The first-order valence-electron chi connectivity index (χ1n) is 8.59. The number of amides is 1. The van der Waals surface area contributed by atoms with Crippen LogP contribution in [0.5, 0.6) is 0 Å². The fourth-order valence-electron chi connectivity index (χ4n) is 3.47. The second kappa shape index (κ2) is 9.23. The molecule has 2 aliphatic carbocycles. The van der Waals surface area contributed by atoms with Gasteiger partial charge in [-0.2, -0.15) is 0 Å². The number of hydrogen-bond acceptors (Lipinski definition) is 2. The van der Waals surface area contributed by atoms with E-state index in [9.17, 15) is 4.79 Å². The molecule has 2 fully saturated rings. The first-order valence-corrected chi connectivity index (χ1v) is 9.00. The molecule has 0 unspecified atom stereocenters. The summed E-state index contributed by atoms with van der Waals surface area (Å²) in [5, 5.41) is 3.83. The summed E-state index contributed by atoms with van der Waals surface area (Å²) >= 11 is 5.23. The molecule has 2 rings (SSSR count). The normalized spacial score (nSPS) is 20.8. The molecule has 0 aromatic rings. The molecule has 1 amide bonds. The average Bonchev–Trinajstić information content (AvgIpc) is 2.53. The molecule has 0 atom stereocenters. The lowest BCUT2D eigenvalue weighted by Gasteiger charge is -2.24. The smallest absolute Gasteiger partial charge is 0.238 e. The second-order valence-corrected chi connectivity index (χ2v) is 6.93. The van der Waals surface area contributed by atoms with Crippen molar-refractivity contribution in [1.82, 2.24) is 16.2 Å². The topological polar surface area (TPSA) is 53.2 Å². The number of hydrazine groups is 1. The molecule has 2 saturated carbocycles. The highest BCUT2D eigenvalue weighted by molar-refractivity contribution is 7.80. The number of nitrogens with one attached hydrogen (secondary N) is 3. The zero-order valence-corrected chi connectivity index (χ0v) is 13.8. The van der Waals surface area contributed by atoms with Gasteiger partial charge in [0.25, 0.3) is 0 Å². The summed E-state index contributed by atoms with van der Waals surface area (Å²) < 4.78 is 0. The predicted molar refractivity (Wildman–Crippen MR) is 89.7 cm³/mol. The lowest BCUT2D eigenvalue weighted by atomic mass is 9.86. The third-order valence-corrected chi connectivity index (χ3v) is 4.98.